The van der Waals surface area contributed by atoms with E-state index in [0.29, 0.717) is 28.0 Å². The molecule has 0 fully saturated rings. The molecule has 0 saturated carbocycles. The van der Waals surface area contributed by atoms with Crippen LogP contribution in [0.5, 0.6) is 0 Å². The van der Waals surface area contributed by atoms with Gasteiger partial charge in [0.1, 0.15) is 4.90 Å². The number of nitrogens with one attached hydrogen (secondary N) is 1. The van der Waals surface area contributed by atoms with E-state index in [0.717, 1.165) is 23.0 Å². The Morgan fingerprint density at radius 1 is 0.973 bits per heavy atom. The first-order valence-corrected chi connectivity index (χ1v) is 14.3. The van der Waals surface area contributed by atoms with Crippen LogP contribution in [-0.4, -0.2) is 30.0 Å². The number of hydrogen-bond acceptors (Lipinski definition) is 6. The highest BCUT2D eigenvalue weighted by Gasteiger charge is 2.36. The SMILES string of the molecule is CC(C)c1ccc(NC(=O)CSc2ncc3c(n2)-c2ccccc2N(Cc2ccccc2)S3(=O)=O)cc1. The molecule has 0 saturated heterocycles. The minimum absolute atomic E-state index is 0.0566. The summed E-state index contributed by atoms with van der Waals surface area (Å²) in [6.07, 6.45) is 1.34. The number of anilines is 2. The van der Waals surface area contributed by atoms with Gasteiger partial charge in [0.25, 0.3) is 10.0 Å². The third-order valence-electron chi connectivity index (χ3n) is 6.09. The summed E-state index contributed by atoms with van der Waals surface area (Å²) in [5.74, 6) is 0.325. The van der Waals surface area contributed by atoms with Gasteiger partial charge in [-0.1, -0.05) is 86.3 Å². The van der Waals surface area contributed by atoms with Gasteiger partial charge in [-0.05, 0) is 35.2 Å². The van der Waals surface area contributed by atoms with Gasteiger partial charge in [0.05, 0.1) is 29.9 Å². The molecule has 1 aliphatic heterocycles. The Kier molecular flexibility index (Phi) is 6.99. The van der Waals surface area contributed by atoms with Crippen molar-refractivity contribution >= 4 is 39.1 Å². The van der Waals surface area contributed by atoms with E-state index in [1.165, 1.54) is 16.1 Å². The van der Waals surface area contributed by atoms with E-state index < -0.39 is 10.0 Å². The second kappa shape index (κ2) is 10.4. The van der Waals surface area contributed by atoms with Crippen LogP contribution >= 0.6 is 11.8 Å². The topological polar surface area (TPSA) is 92.3 Å². The highest BCUT2D eigenvalue weighted by Crippen LogP contribution is 2.42. The van der Waals surface area contributed by atoms with E-state index in [4.69, 9.17) is 0 Å². The number of aromatic nitrogens is 2. The van der Waals surface area contributed by atoms with Crippen molar-refractivity contribution in [1.29, 1.82) is 0 Å². The Hall–Kier alpha value is -3.69. The molecule has 5 rings (SSSR count). The van der Waals surface area contributed by atoms with Crippen LogP contribution in [0.15, 0.2) is 95.1 Å². The van der Waals surface area contributed by atoms with Crippen LogP contribution in [0.25, 0.3) is 11.3 Å². The number of amides is 1. The van der Waals surface area contributed by atoms with E-state index in [1.807, 2.05) is 72.8 Å². The number of carbonyl (C=O) groups excluding carboxylic acids is 1. The van der Waals surface area contributed by atoms with Crippen molar-refractivity contribution in [1.82, 2.24) is 9.97 Å². The van der Waals surface area contributed by atoms with Gasteiger partial charge >= 0.3 is 0 Å². The summed E-state index contributed by atoms with van der Waals surface area (Å²) in [5.41, 5.74) is 4.43. The summed E-state index contributed by atoms with van der Waals surface area (Å²) in [7, 11) is -3.87. The summed E-state index contributed by atoms with van der Waals surface area (Å²) >= 11 is 1.16. The van der Waals surface area contributed by atoms with Crippen LogP contribution in [0.1, 0.15) is 30.9 Å². The smallest absolute Gasteiger partial charge is 0.268 e. The molecule has 1 N–H and O–H groups in total. The monoisotopic (exact) mass is 530 g/mol. The van der Waals surface area contributed by atoms with Gasteiger partial charge in [0, 0.05) is 11.3 Å². The molecule has 0 spiro atoms. The average Bonchev–Trinajstić information content (AvgIpc) is 2.91. The van der Waals surface area contributed by atoms with Crippen molar-refractivity contribution in [2.45, 2.75) is 36.4 Å². The summed E-state index contributed by atoms with van der Waals surface area (Å²) in [4.78, 5) is 21.4. The molecule has 1 aliphatic rings. The molecule has 37 heavy (non-hydrogen) atoms. The number of thioether (sulfide) groups is 1. The predicted molar refractivity (Wildman–Crippen MR) is 147 cm³/mol. The van der Waals surface area contributed by atoms with Crippen LogP contribution in [0.2, 0.25) is 0 Å². The highest BCUT2D eigenvalue weighted by molar-refractivity contribution is 7.99. The minimum Gasteiger partial charge on any atom is -0.325 e. The molecule has 0 aliphatic carbocycles. The zero-order chi connectivity index (χ0) is 26.0. The Morgan fingerprint density at radius 2 is 1.68 bits per heavy atom. The lowest BCUT2D eigenvalue weighted by Crippen LogP contribution is -2.34. The molecule has 3 aromatic carbocycles. The molecule has 7 nitrogen and oxygen atoms in total. The van der Waals surface area contributed by atoms with Crippen molar-refractivity contribution in [2.24, 2.45) is 0 Å². The van der Waals surface area contributed by atoms with Crippen molar-refractivity contribution in [3.63, 3.8) is 0 Å². The average molecular weight is 531 g/mol. The third kappa shape index (κ3) is 5.23. The fraction of sp³-hybridized carbons (Fsp3) is 0.179. The van der Waals surface area contributed by atoms with Crippen LogP contribution < -0.4 is 9.62 Å². The number of para-hydroxylation sites is 1. The summed E-state index contributed by atoms with van der Waals surface area (Å²) in [6, 6.07) is 24.5. The number of rotatable bonds is 7. The highest BCUT2D eigenvalue weighted by atomic mass is 32.2. The zero-order valence-corrected chi connectivity index (χ0v) is 22.1. The van der Waals surface area contributed by atoms with Gasteiger partial charge in [0.15, 0.2) is 5.16 Å². The van der Waals surface area contributed by atoms with Crippen molar-refractivity contribution < 1.29 is 13.2 Å². The lowest BCUT2D eigenvalue weighted by molar-refractivity contribution is -0.113. The van der Waals surface area contributed by atoms with E-state index in [1.54, 1.807) is 6.07 Å². The second-order valence-electron chi connectivity index (χ2n) is 8.99. The van der Waals surface area contributed by atoms with E-state index in [9.17, 15) is 13.2 Å². The number of fused-ring (bicyclic) bond motifs is 3. The first-order chi connectivity index (χ1) is 17.8. The maximum Gasteiger partial charge on any atom is 0.268 e. The first kappa shape index (κ1) is 25.0. The Morgan fingerprint density at radius 3 is 2.41 bits per heavy atom. The van der Waals surface area contributed by atoms with Crippen LogP contribution in [0.3, 0.4) is 0 Å². The van der Waals surface area contributed by atoms with Crippen molar-refractivity contribution in [3.05, 3.63) is 96.2 Å². The molecule has 0 atom stereocenters. The maximum atomic E-state index is 13.6. The Balaban J connectivity index is 1.36. The molecular weight excluding hydrogens is 504 g/mol. The molecule has 2 heterocycles. The molecule has 9 heteroatoms. The fourth-order valence-corrected chi connectivity index (χ4v) is 6.32. The molecule has 0 bridgehead atoms. The Labute approximate surface area is 221 Å². The lowest BCUT2D eigenvalue weighted by atomic mass is 10.0. The summed E-state index contributed by atoms with van der Waals surface area (Å²) in [6.45, 7) is 4.44. The maximum absolute atomic E-state index is 13.6. The molecule has 0 radical (unpaired) electrons. The normalized spacial score (nSPS) is 13.6. The number of nitrogens with zero attached hydrogens (tertiary/aromatic N) is 3. The Bertz CT molecular complexity index is 1540. The van der Waals surface area contributed by atoms with Crippen LogP contribution in [0.4, 0.5) is 11.4 Å². The number of carbonyl (C=O) groups is 1. The van der Waals surface area contributed by atoms with E-state index >= 15 is 0 Å². The molecular formula is C28H26N4O3S2. The van der Waals surface area contributed by atoms with Gasteiger partial charge in [0.2, 0.25) is 5.91 Å². The zero-order valence-electron chi connectivity index (χ0n) is 20.5. The van der Waals surface area contributed by atoms with E-state index in [-0.39, 0.29) is 23.1 Å². The first-order valence-electron chi connectivity index (χ1n) is 11.9. The molecule has 0 unspecified atom stereocenters. The van der Waals surface area contributed by atoms with Gasteiger partial charge in [-0.3, -0.25) is 9.10 Å². The lowest BCUT2D eigenvalue weighted by Gasteiger charge is -2.31. The van der Waals surface area contributed by atoms with Gasteiger partial charge in [-0.15, -0.1) is 0 Å². The van der Waals surface area contributed by atoms with Gasteiger partial charge in [-0.2, -0.15) is 0 Å². The number of sulfonamides is 1. The second-order valence-corrected chi connectivity index (χ2v) is 11.8. The fourth-order valence-electron chi connectivity index (χ4n) is 4.14. The minimum atomic E-state index is -3.87. The number of benzene rings is 3. The molecule has 1 amide bonds. The van der Waals surface area contributed by atoms with Crippen LogP contribution in [-0.2, 0) is 21.4 Å². The summed E-state index contributed by atoms with van der Waals surface area (Å²) in [5, 5.41) is 3.22. The van der Waals surface area contributed by atoms with E-state index in [2.05, 4.69) is 29.1 Å². The third-order valence-corrected chi connectivity index (χ3v) is 8.71. The summed E-state index contributed by atoms with van der Waals surface area (Å²) < 4.78 is 28.6. The van der Waals surface area contributed by atoms with Crippen molar-refractivity contribution in [2.75, 3.05) is 15.4 Å². The molecule has 188 valence electrons. The predicted octanol–water partition coefficient (Wildman–Crippen LogP) is 5.71. The quantitative estimate of drug-likeness (QED) is 0.243. The van der Waals surface area contributed by atoms with Gasteiger partial charge in [-0.25, -0.2) is 18.4 Å². The van der Waals surface area contributed by atoms with Crippen molar-refractivity contribution in [3.8, 4) is 11.3 Å². The molecule has 1 aromatic heterocycles. The largest absolute Gasteiger partial charge is 0.325 e. The standard InChI is InChI=1S/C28H26N4O3S2/c1-19(2)21-12-14-22(15-13-21)30-26(33)18-36-28-29-16-25-27(31-28)23-10-6-7-11-24(23)32(37(25,34)35)17-20-8-4-3-5-9-20/h3-16,19H,17-18H2,1-2H3,(H,30,33). The number of hydrogen-bond donors (Lipinski definition) is 1. The van der Waals surface area contributed by atoms with Gasteiger partial charge < -0.3 is 5.32 Å². The van der Waals surface area contributed by atoms with Crippen LogP contribution in [0, 0.1) is 0 Å². The molecule has 4 aromatic rings.